The van der Waals surface area contributed by atoms with Gasteiger partial charge < -0.3 is 0 Å². The first-order valence-electron chi connectivity index (χ1n) is 6.49. The fourth-order valence-electron chi connectivity index (χ4n) is 2.36. The number of rotatable bonds is 2. The highest BCUT2D eigenvalue weighted by atomic mass is 14.3. The molecule has 14 heavy (non-hydrogen) atoms. The second-order valence-electron chi connectivity index (χ2n) is 5.74. The zero-order valence-corrected chi connectivity index (χ0v) is 11.2. The van der Waals surface area contributed by atoms with E-state index in [1.54, 1.807) is 0 Å². The summed E-state index contributed by atoms with van der Waals surface area (Å²) in [4.78, 5) is 0. The van der Waals surface area contributed by atoms with Gasteiger partial charge in [-0.05, 0) is 49.4 Å². The lowest BCUT2D eigenvalue weighted by Crippen LogP contribution is -2.21. The van der Waals surface area contributed by atoms with Crippen LogP contribution in [0.2, 0.25) is 0 Å². The van der Waals surface area contributed by atoms with Gasteiger partial charge in [-0.3, -0.25) is 0 Å². The lowest BCUT2D eigenvalue weighted by atomic mass is 9.71. The molecule has 1 rings (SSSR count). The van der Waals surface area contributed by atoms with Gasteiger partial charge in [0.05, 0.1) is 0 Å². The molecular weight excluding hydrogens is 168 g/mol. The summed E-state index contributed by atoms with van der Waals surface area (Å²) in [5, 5.41) is 0. The molecule has 0 aromatic heterocycles. The van der Waals surface area contributed by atoms with Crippen LogP contribution in [-0.2, 0) is 0 Å². The Labute approximate surface area is 91.5 Å². The molecule has 0 aromatic rings. The van der Waals surface area contributed by atoms with Crippen molar-refractivity contribution < 1.29 is 0 Å². The Kier molecular flexibility index (Phi) is 6.48. The van der Waals surface area contributed by atoms with E-state index in [1.807, 2.05) is 13.8 Å². The van der Waals surface area contributed by atoms with Crippen molar-refractivity contribution >= 4 is 0 Å². The average Bonchev–Trinajstić information content (AvgIpc) is 2.12. The quantitative estimate of drug-likeness (QED) is 0.566. The summed E-state index contributed by atoms with van der Waals surface area (Å²) in [5.74, 6) is 1.94. The third-order valence-corrected chi connectivity index (χ3v) is 3.26. The van der Waals surface area contributed by atoms with E-state index in [0.29, 0.717) is 5.41 Å². The smallest absolute Gasteiger partial charge is 0.0354 e. The van der Waals surface area contributed by atoms with Gasteiger partial charge >= 0.3 is 0 Å². The summed E-state index contributed by atoms with van der Waals surface area (Å²) < 4.78 is 0. The molecule has 0 heteroatoms. The van der Waals surface area contributed by atoms with E-state index in [9.17, 15) is 0 Å². The Morgan fingerprint density at radius 3 is 1.86 bits per heavy atom. The van der Waals surface area contributed by atoms with Gasteiger partial charge in [0.25, 0.3) is 0 Å². The Bertz CT molecular complexity index is 123. The van der Waals surface area contributed by atoms with Crippen molar-refractivity contribution in [3.8, 4) is 0 Å². The molecule has 1 saturated carbocycles. The fourth-order valence-corrected chi connectivity index (χ4v) is 2.36. The first-order chi connectivity index (χ1) is 6.49. The van der Waals surface area contributed by atoms with Gasteiger partial charge in [-0.1, -0.05) is 41.5 Å². The molecule has 0 unspecified atom stereocenters. The molecule has 1 aliphatic carbocycles. The van der Waals surface area contributed by atoms with E-state index < -0.39 is 0 Å². The molecule has 0 heterocycles. The Hall–Kier alpha value is 0. The molecule has 0 atom stereocenters. The highest BCUT2D eigenvalue weighted by molar-refractivity contribution is 4.78. The normalized spacial score (nSPS) is 21.6. The van der Waals surface area contributed by atoms with Gasteiger partial charge in [0.1, 0.15) is 0 Å². The minimum atomic E-state index is 0.646. The highest BCUT2D eigenvalue weighted by Gasteiger charge is 2.26. The van der Waals surface area contributed by atoms with E-state index in [2.05, 4.69) is 27.7 Å². The molecular formula is C14H30. The summed E-state index contributed by atoms with van der Waals surface area (Å²) in [7, 11) is 0. The number of hydrogen-bond donors (Lipinski definition) is 0. The molecule has 1 fully saturated rings. The van der Waals surface area contributed by atoms with Gasteiger partial charge in [0, 0.05) is 0 Å². The van der Waals surface area contributed by atoms with Crippen LogP contribution in [0.1, 0.15) is 73.6 Å². The van der Waals surface area contributed by atoms with Crippen molar-refractivity contribution in [3.05, 3.63) is 0 Å². The van der Waals surface area contributed by atoms with Crippen LogP contribution in [-0.4, -0.2) is 0 Å². The standard InChI is InChI=1S/C12H24.C2H6/c1-10(2)9-11-5-7-12(3,4)8-6-11;1-2/h10-11H,5-9H2,1-4H3;1-2H3. The van der Waals surface area contributed by atoms with Crippen LogP contribution in [0.5, 0.6) is 0 Å². The molecule has 0 spiro atoms. The van der Waals surface area contributed by atoms with Crippen LogP contribution in [0.4, 0.5) is 0 Å². The van der Waals surface area contributed by atoms with Crippen molar-refractivity contribution in [2.24, 2.45) is 17.3 Å². The van der Waals surface area contributed by atoms with Crippen molar-refractivity contribution in [1.29, 1.82) is 0 Å². The second kappa shape index (κ2) is 6.48. The third kappa shape index (κ3) is 5.67. The largest absolute Gasteiger partial charge is 0.0683 e. The zero-order chi connectivity index (χ0) is 11.2. The maximum absolute atomic E-state index is 2.42. The minimum absolute atomic E-state index is 0.646. The van der Waals surface area contributed by atoms with Crippen LogP contribution in [0.25, 0.3) is 0 Å². The topological polar surface area (TPSA) is 0 Å². The van der Waals surface area contributed by atoms with Crippen LogP contribution < -0.4 is 0 Å². The predicted molar refractivity (Wildman–Crippen MR) is 66.5 cm³/mol. The summed E-state index contributed by atoms with van der Waals surface area (Å²) in [6.45, 7) is 13.5. The van der Waals surface area contributed by atoms with E-state index in [4.69, 9.17) is 0 Å². The molecule has 1 aliphatic rings. The van der Waals surface area contributed by atoms with Crippen LogP contribution in [0.3, 0.4) is 0 Å². The number of hydrogen-bond acceptors (Lipinski definition) is 0. The Morgan fingerprint density at radius 1 is 1.07 bits per heavy atom. The minimum Gasteiger partial charge on any atom is -0.0683 e. The van der Waals surface area contributed by atoms with E-state index in [1.165, 1.54) is 32.1 Å². The van der Waals surface area contributed by atoms with E-state index in [0.717, 1.165) is 11.8 Å². The molecule has 0 saturated heterocycles. The summed E-state index contributed by atoms with van der Waals surface area (Å²) in [6, 6.07) is 0. The molecule has 0 aromatic carbocycles. The highest BCUT2D eigenvalue weighted by Crippen LogP contribution is 2.39. The molecule has 0 N–H and O–H groups in total. The molecule has 0 bridgehead atoms. The Morgan fingerprint density at radius 2 is 1.50 bits per heavy atom. The summed E-state index contributed by atoms with van der Waals surface area (Å²) in [5.41, 5.74) is 0.646. The third-order valence-electron chi connectivity index (χ3n) is 3.26. The second-order valence-corrected chi connectivity index (χ2v) is 5.74. The van der Waals surface area contributed by atoms with E-state index >= 15 is 0 Å². The predicted octanol–water partition coefficient (Wildman–Crippen LogP) is 5.28. The summed E-state index contributed by atoms with van der Waals surface area (Å²) in [6.07, 6.45) is 7.31. The lowest BCUT2D eigenvalue weighted by Gasteiger charge is -2.34. The Balaban J connectivity index is 0.000000791. The van der Waals surface area contributed by atoms with E-state index in [-0.39, 0.29) is 0 Å². The first kappa shape index (κ1) is 14.0. The molecule has 0 nitrogen and oxygen atoms in total. The van der Waals surface area contributed by atoms with Gasteiger partial charge in [-0.2, -0.15) is 0 Å². The average molecular weight is 198 g/mol. The molecule has 86 valence electrons. The van der Waals surface area contributed by atoms with Crippen LogP contribution >= 0.6 is 0 Å². The van der Waals surface area contributed by atoms with Gasteiger partial charge in [0.2, 0.25) is 0 Å². The van der Waals surface area contributed by atoms with Gasteiger partial charge in [-0.25, -0.2) is 0 Å². The molecule has 0 amide bonds. The van der Waals surface area contributed by atoms with Crippen molar-refractivity contribution in [3.63, 3.8) is 0 Å². The lowest BCUT2D eigenvalue weighted by molar-refractivity contribution is 0.175. The first-order valence-corrected chi connectivity index (χ1v) is 6.49. The summed E-state index contributed by atoms with van der Waals surface area (Å²) >= 11 is 0. The van der Waals surface area contributed by atoms with Gasteiger partial charge in [0.15, 0.2) is 0 Å². The van der Waals surface area contributed by atoms with Gasteiger partial charge in [-0.15, -0.1) is 0 Å². The van der Waals surface area contributed by atoms with Crippen LogP contribution in [0.15, 0.2) is 0 Å². The van der Waals surface area contributed by atoms with Crippen molar-refractivity contribution in [2.45, 2.75) is 73.6 Å². The van der Waals surface area contributed by atoms with Crippen molar-refractivity contribution in [1.82, 2.24) is 0 Å². The molecule has 0 aliphatic heterocycles. The maximum atomic E-state index is 2.42. The van der Waals surface area contributed by atoms with Crippen LogP contribution in [0, 0.1) is 17.3 Å². The SMILES string of the molecule is CC.CC(C)CC1CCC(C)(C)CC1. The van der Waals surface area contributed by atoms with Crippen molar-refractivity contribution in [2.75, 3.05) is 0 Å². The monoisotopic (exact) mass is 198 g/mol. The zero-order valence-electron chi connectivity index (χ0n) is 11.2. The maximum Gasteiger partial charge on any atom is -0.0354 e. The fraction of sp³-hybridized carbons (Fsp3) is 1.00. The molecule has 0 radical (unpaired) electrons.